The fourth-order valence-electron chi connectivity index (χ4n) is 2.83. The zero-order valence-corrected chi connectivity index (χ0v) is 15.8. The van der Waals surface area contributed by atoms with Crippen LogP contribution in [0.3, 0.4) is 0 Å². The van der Waals surface area contributed by atoms with Gasteiger partial charge in [-0.15, -0.1) is 0 Å². The molecule has 1 N–H and O–H groups in total. The molecule has 26 heavy (non-hydrogen) atoms. The Labute approximate surface area is 156 Å². The fourth-order valence-corrected chi connectivity index (χ4v) is 2.83. The van der Waals surface area contributed by atoms with E-state index in [0.29, 0.717) is 18.6 Å². The number of hydrogen-bond donors (Lipinski definition) is 1. The maximum atomic E-state index is 12.6. The smallest absolute Gasteiger partial charge is 0.231 e. The lowest BCUT2D eigenvalue weighted by atomic mass is 9.93. The molecule has 0 aliphatic heterocycles. The Kier molecular flexibility index (Phi) is 6.06. The van der Waals surface area contributed by atoms with Crippen LogP contribution in [-0.4, -0.2) is 32.7 Å². The first kappa shape index (κ1) is 20.4. The van der Waals surface area contributed by atoms with Gasteiger partial charge in [0.1, 0.15) is 5.52 Å². The summed E-state index contributed by atoms with van der Waals surface area (Å²) in [6.07, 6.45) is 3.42. The van der Waals surface area contributed by atoms with Crippen LogP contribution >= 0.6 is 0 Å². The van der Waals surface area contributed by atoms with Crippen LogP contribution in [0.25, 0.3) is 11.2 Å². The molecule has 1 saturated carbocycles. The summed E-state index contributed by atoms with van der Waals surface area (Å²) in [6, 6.07) is 4.29. The highest BCUT2D eigenvalue weighted by atomic mass is 16.5. The van der Waals surface area contributed by atoms with Crippen LogP contribution in [0.1, 0.15) is 66.1 Å². The van der Waals surface area contributed by atoms with E-state index in [9.17, 15) is 4.79 Å². The largest absolute Gasteiger partial charge is 0.375 e. The molecular weight excluding hydrogens is 328 g/mol. The van der Waals surface area contributed by atoms with Crippen LogP contribution in [-0.2, 0) is 9.53 Å². The van der Waals surface area contributed by atoms with Crippen molar-refractivity contribution in [1.29, 1.82) is 0 Å². The normalized spacial score (nSPS) is 16.0. The van der Waals surface area contributed by atoms with Crippen molar-refractivity contribution >= 4 is 23.0 Å². The van der Waals surface area contributed by atoms with Crippen LogP contribution in [0.4, 0.5) is 5.95 Å². The predicted molar refractivity (Wildman–Crippen MR) is 105 cm³/mol. The molecular formula is C20H32N4O2. The highest BCUT2D eigenvalue weighted by Gasteiger charge is 2.27. The number of nitrogens with one attached hydrogen (secondary N) is 1. The summed E-state index contributed by atoms with van der Waals surface area (Å²) in [6.45, 7) is 10.2. The van der Waals surface area contributed by atoms with Crippen LogP contribution in [0, 0.1) is 12.8 Å². The number of fused-ring (bicyclic) bond motifs is 1. The minimum atomic E-state index is -0.255. The molecule has 144 valence electrons. The number of nitrogens with zero attached hydrogens (tertiary/aromatic N) is 3. The average molecular weight is 361 g/mol. The van der Waals surface area contributed by atoms with Gasteiger partial charge in [0.15, 0.2) is 5.65 Å². The lowest BCUT2D eigenvalue weighted by molar-refractivity contribution is -0.123. The summed E-state index contributed by atoms with van der Waals surface area (Å²) in [4.78, 5) is 21.8. The molecule has 1 amide bonds. The third kappa shape index (κ3) is 4.41. The summed E-state index contributed by atoms with van der Waals surface area (Å²) < 4.78 is 7.83. The average Bonchev–Trinajstić information content (AvgIpc) is 2.80. The summed E-state index contributed by atoms with van der Waals surface area (Å²) in [7, 11) is 0. The van der Waals surface area contributed by atoms with E-state index in [1.165, 1.54) is 6.42 Å². The molecule has 0 radical (unpaired) electrons. The summed E-state index contributed by atoms with van der Waals surface area (Å²) in [5.41, 5.74) is 2.39. The number of hydrogen-bond acceptors (Lipinski definition) is 4. The van der Waals surface area contributed by atoms with Gasteiger partial charge < -0.3 is 4.74 Å². The molecule has 0 aromatic carbocycles. The van der Waals surface area contributed by atoms with Gasteiger partial charge in [-0.1, -0.05) is 14.4 Å². The molecule has 2 aromatic heterocycles. The highest BCUT2D eigenvalue weighted by Crippen LogP contribution is 2.36. The Morgan fingerprint density at radius 3 is 2.62 bits per heavy atom. The van der Waals surface area contributed by atoms with Gasteiger partial charge in [-0.2, -0.15) is 0 Å². The minimum Gasteiger partial charge on any atom is -0.375 e. The lowest BCUT2D eigenvalue weighted by Gasteiger charge is -2.29. The van der Waals surface area contributed by atoms with E-state index in [1.807, 2.05) is 46.8 Å². The summed E-state index contributed by atoms with van der Waals surface area (Å²) in [5.74, 6) is 0.283. The number of imidazole rings is 1. The first-order chi connectivity index (χ1) is 11.7. The van der Waals surface area contributed by atoms with Gasteiger partial charge in [-0.25, -0.2) is 9.97 Å². The molecule has 1 aliphatic rings. The third-order valence-electron chi connectivity index (χ3n) is 4.57. The van der Waals surface area contributed by atoms with Crippen molar-refractivity contribution < 1.29 is 9.53 Å². The van der Waals surface area contributed by atoms with Crippen molar-refractivity contribution in [3.05, 3.63) is 17.8 Å². The molecule has 0 bridgehead atoms. The SMILES string of the molecule is C.Cc1ccc2nc(NC(=O)[C@H](C)COC(C)(C)C)n(C3CCC3)c2n1. The molecule has 6 nitrogen and oxygen atoms in total. The molecule has 1 aliphatic carbocycles. The first-order valence-corrected chi connectivity index (χ1v) is 9.05. The van der Waals surface area contributed by atoms with Gasteiger partial charge in [-0.3, -0.25) is 14.7 Å². The highest BCUT2D eigenvalue weighted by molar-refractivity contribution is 5.92. The number of rotatable bonds is 5. The second-order valence-electron chi connectivity index (χ2n) is 8.00. The van der Waals surface area contributed by atoms with Gasteiger partial charge >= 0.3 is 0 Å². The van der Waals surface area contributed by atoms with Gasteiger partial charge in [-0.05, 0) is 59.1 Å². The molecule has 1 atom stereocenters. The number of aromatic nitrogens is 3. The second kappa shape index (κ2) is 7.74. The van der Waals surface area contributed by atoms with E-state index in [1.54, 1.807) is 0 Å². The van der Waals surface area contributed by atoms with Gasteiger partial charge in [0.05, 0.1) is 18.1 Å². The fraction of sp³-hybridized carbons (Fsp3) is 0.650. The van der Waals surface area contributed by atoms with Crippen molar-refractivity contribution in [2.75, 3.05) is 11.9 Å². The molecule has 6 heteroatoms. The monoisotopic (exact) mass is 360 g/mol. The molecule has 0 unspecified atom stereocenters. The Morgan fingerprint density at radius 1 is 1.35 bits per heavy atom. The predicted octanol–water partition coefficient (Wildman–Crippen LogP) is 4.49. The molecule has 0 spiro atoms. The van der Waals surface area contributed by atoms with E-state index in [2.05, 4.69) is 19.9 Å². The topological polar surface area (TPSA) is 69.0 Å². The summed E-state index contributed by atoms with van der Waals surface area (Å²) >= 11 is 0. The van der Waals surface area contributed by atoms with E-state index in [-0.39, 0.29) is 24.9 Å². The Balaban J connectivity index is 0.00000243. The van der Waals surface area contributed by atoms with Crippen molar-refractivity contribution in [1.82, 2.24) is 14.5 Å². The molecule has 0 saturated heterocycles. The zero-order chi connectivity index (χ0) is 18.2. The lowest BCUT2D eigenvalue weighted by Crippen LogP contribution is -2.30. The second-order valence-corrected chi connectivity index (χ2v) is 8.00. The van der Waals surface area contributed by atoms with Crippen molar-refractivity contribution in [2.45, 2.75) is 73.0 Å². The summed E-state index contributed by atoms with van der Waals surface area (Å²) in [5, 5.41) is 3.00. The number of carbonyl (C=O) groups excluding carboxylic acids is 1. The first-order valence-electron chi connectivity index (χ1n) is 9.05. The van der Waals surface area contributed by atoms with Crippen molar-refractivity contribution in [3.63, 3.8) is 0 Å². The van der Waals surface area contributed by atoms with E-state index in [4.69, 9.17) is 4.74 Å². The van der Waals surface area contributed by atoms with Crippen molar-refractivity contribution in [3.8, 4) is 0 Å². The van der Waals surface area contributed by atoms with Gasteiger partial charge in [0.2, 0.25) is 11.9 Å². The maximum Gasteiger partial charge on any atom is 0.231 e. The molecule has 2 aromatic rings. The quantitative estimate of drug-likeness (QED) is 0.853. The Morgan fingerprint density at radius 2 is 2.04 bits per heavy atom. The minimum absolute atomic E-state index is 0. The zero-order valence-electron chi connectivity index (χ0n) is 15.8. The Hall–Kier alpha value is -1.95. The van der Waals surface area contributed by atoms with E-state index >= 15 is 0 Å². The number of anilines is 1. The van der Waals surface area contributed by atoms with Crippen LogP contribution in [0.5, 0.6) is 0 Å². The maximum absolute atomic E-state index is 12.6. The molecule has 1 fully saturated rings. The number of carbonyl (C=O) groups is 1. The molecule has 2 heterocycles. The van der Waals surface area contributed by atoms with Crippen LogP contribution < -0.4 is 5.32 Å². The van der Waals surface area contributed by atoms with E-state index < -0.39 is 0 Å². The van der Waals surface area contributed by atoms with Crippen molar-refractivity contribution in [2.24, 2.45) is 5.92 Å². The number of amides is 1. The number of ether oxygens (including phenoxy) is 1. The third-order valence-corrected chi connectivity index (χ3v) is 4.57. The molecule has 3 rings (SSSR count). The van der Waals surface area contributed by atoms with Crippen LogP contribution in [0.2, 0.25) is 0 Å². The Bertz CT molecular complexity index is 772. The number of aryl methyl sites for hydroxylation is 1. The van der Waals surface area contributed by atoms with Gasteiger partial charge in [0.25, 0.3) is 0 Å². The van der Waals surface area contributed by atoms with Crippen LogP contribution in [0.15, 0.2) is 12.1 Å². The standard InChI is InChI=1S/C19H28N4O2.CH4/c1-12(11-25-19(3,4)5)17(24)22-18-21-15-10-9-13(2)20-16(15)23(18)14-7-6-8-14;/h9-10,12,14H,6-8,11H2,1-5H3,(H,21,22,24);1H4/t12-;/m1./s1. The number of pyridine rings is 1. The van der Waals surface area contributed by atoms with E-state index in [0.717, 1.165) is 29.7 Å². The van der Waals surface area contributed by atoms with Gasteiger partial charge in [0, 0.05) is 11.7 Å².